The van der Waals surface area contributed by atoms with E-state index in [0.29, 0.717) is 27.9 Å². The highest BCUT2D eigenvalue weighted by molar-refractivity contribution is 6.31. The van der Waals surface area contributed by atoms with E-state index in [4.69, 9.17) is 21.1 Å². The van der Waals surface area contributed by atoms with Crippen LogP contribution in [-0.2, 0) is 9.59 Å². The lowest BCUT2D eigenvalue weighted by molar-refractivity contribution is -0.120. The third-order valence-electron chi connectivity index (χ3n) is 3.83. The van der Waals surface area contributed by atoms with Crippen LogP contribution in [0, 0.1) is 6.92 Å². The van der Waals surface area contributed by atoms with E-state index in [1.165, 1.54) is 18.9 Å². The minimum absolute atomic E-state index is 0.147. The minimum Gasteiger partial charge on any atom is -0.497 e. The fourth-order valence-electron chi connectivity index (χ4n) is 2.47. The SMILES string of the molecule is COc1ccc(NC(=O)CN(C(C)=O)c2cc(Cl)ccc2C)c(OC)c1. The van der Waals surface area contributed by atoms with Crippen molar-refractivity contribution in [1.82, 2.24) is 0 Å². The largest absolute Gasteiger partial charge is 0.497 e. The number of aryl methyl sites for hydroxylation is 1. The fourth-order valence-corrected chi connectivity index (χ4v) is 2.64. The summed E-state index contributed by atoms with van der Waals surface area (Å²) in [5.74, 6) is 0.459. The molecule has 0 bridgehead atoms. The number of nitrogens with one attached hydrogen (secondary N) is 1. The van der Waals surface area contributed by atoms with Crippen molar-refractivity contribution in [1.29, 1.82) is 0 Å². The Kier molecular flexibility index (Phi) is 6.46. The molecule has 0 radical (unpaired) electrons. The van der Waals surface area contributed by atoms with Gasteiger partial charge in [-0.15, -0.1) is 0 Å². The van der Waals surface area contributed by atoms with Crippen LogP contribution in [0.3, 0.4) is 0 Å². The molecular weight excluding hydrogens is 356 g/mol. The Labute approximate surface area is 157 Å². The standard InChI is InChI=1S/C19H21ClN2O4/c1-12-5-6-14(20)9-17(12)22(13(2)23)11-19(24)21-16-8-7-15(25-3)10-18(16)26-4/h5-10H,11H2,1-4H3,(H,21,24). The predicted molar refractivity (Wildman–Crippen MR) is 102 cm³/mol. The number of benzene rings is 2. The van der Waals surface area contributed by atoms with E-state index in [9.17, 15) is 9.59 Å². The van der Waals surface area contributed by atoms with Gasteiger partial charge in [0.2, 0.25) is 11.8 Å². The number of carbonyl (C=O) groups excluding carboxylic acids is 2. The Morgan fingerprint density at radius 2 is 1.85 bits per heavy atom. The van der Waals surface area contributed by atoms with Crippen molar-refractivity contribution in [3.05, 3.63) is 47.0 Å². The zero-order chi connectivity index (χ0) is 19.3. The lowest BCUT2D eigenvalue weighted by Crippen LogP contribution is -2.37. The Hall–Kier alpha value is -2.73. The molecule has 2 aromatic rings. The zero-order valence-electron chi connectivity index (χ0n) is 15.1. The van der Waals surface area contributed by atoms with Crippen LogP contribution in [0.5, 0.6) is 11.5 Å². The monoisotopic (exact) mass is 376 g/mol. The fraction of sp³-hybridized carbons (Fsp3) is 0.263. The van der Waals surface area contributed by atoms with Crippen molar-refractivity contribution < 1.29 is 19.1 Å². The number of ether oxygens (including phenoxy) is 2. The summed E-state index contributed by atoms with van der Waals surface area (Å²) >= 11 is 6.03. The van der Waals surface area contributed by atoms with Gasteiger partial charge >= 0.3 is 0 Å². The van der Waals surface area contributed by atoms with Crippen molar-refractivity contribution in [2.45, 2.75) is 13.8 Å². The molecule has 0 aliphatic carbocycles. The van der Waals surface area contributed by atoms with Crippen LogP contribution in [0.2, 0.25) is 5.02 Å². The first-order chi connectivity index (χ1) is 12.3. The number of halogens is 1. The molecule has 26 heavy (non-hydrogen) atoms. The number of amides is 2. The Morgan fingerprint density at radius 3 is 2.46 bits per heavy atom. The maximum Gasteiger partial charge on any atom is 0.244 e. The number of hydrogen-bond donors (Lipinski definition) is 1. The van der Waals surface area contributed by atoms with Crippen LogP contribution in [0.25, 0.3) is 0 Å². The summed E-state index contributed by atoms with van der Waals surface area (Å²) in [6.45, 7) is 3.11. The number of rotatable bonds is 6. The second-order valence-electron chi connectivity index (χ2n) is 5.65. The molecular formula is C19H21ClN2O4. The highest BCUT2D eigenvalue weighted by atomic mass is 35.5. The van der Waals surface area contributed by atoms with Crippen molar-refractivity contribution in [3.8, 4) is 11.5 Å². The summed E-state index contributed by atoms with van der Waals surface area (Å²) in [6, 6.07) is 10.3. The summed E-state index contributed by atoms with van der Waals surface area (Å²) in [7, 11) is 3.05. The zero-order valence-corrected chi connectivity index (χ0v) is 15.9. The van der Waals surface area contributed by atoms with Crippen molar-refractivity contribution in [3.63, 3.8) is 0 Å². The Bertz CT molecular complexity index is 823. The summed E-state index contributed by atoms with van der Waals surface area (Å²) in [5.41, 5.74) is 1.94. The molecule has 2 amide bonds. The molecule has 0 unspecified atom stereocenters. The molecule has 138 valence electrons. The van der Waals surface area contributed by atoms with E-state index in [1.807, 2.05) is 6.92 Å². The molecule has 0 saturated carbocycles. The normalized spacial score (nSPS) is 10.2. The second kappa shape index (κ2) is 8.58. The molecule has 0 saturated heterocycles. The van der Waals surface area contributed by atoms with Gasteiger partial charge in [-0.2, -0.15) is 0 Å². The summed E-state index contributed by atoms with van der Waals surface area (Å²) in [4.78, 5) is 25.9. The van der Waals surface area contributed by atoms with E-state index in [1.54, 1.807) is 43.5 Å². The van der Waals surface area contributed by atoms with Crippen LogP contribution in [0.15, 0.2) is 36.4 Å². The van der Waals surface area contributed by atoms with Crippen molar-refractivity contribution in [2.24, 2.45) is 0 Å². The van der Waals surface area contributed by atoms with Crippen LogP contribution in [0.4, 0.5) is 11.4 Å². The first-order valence-corrected chi connectivity index (χ1v) is 8.29. The molecule has 0 aliphatic heterocycles. The third kappa shape index (κ3) is 4.67. The predicted octanol–water partition coefficient (Wildman–Crippen LogP) is 3.66. The summed E-state index contributed by atoms with van der Waals surface area (Å²) < 4.78 is 10.4. The van der Waals surface area contributed by atoms with Gasteiger partial charge in [0.1, 0.15) is 18.0 Å². The Morgan fingerprint density at radius 1 is 1.12 bits per heavy atom. The molecule has 7 heteroatoms. The number of hydrogen-bond acceptors (Lipinski definition) is 4. The second-order valence-corrected chi connectivity index (χ2v) is 6.09. The topological polar surface area (TPSA) is 67.9 Å². The van der Waals surface area contributed by atoms with Gasteiger partial charge in [-0.05, 0) is 36.8 Å². The summed E-state index contributed by atoms with van der Waals surface area (Å²) in [5, 5.41) is 3.25. The van der Waals surface area contributed by atoms with E-state index >= 15 is 0 Å². The average molecular weight is 377 g/mol. The van der Waals surface area contributed by atoms with E-state index < -0.39 is 0 Å². The van der Waals surface area contributed by atoms with Gasteiger partial charge in [-0.25, -0.2) is 0 Å². The van der Waals surface area contributed by atoms with Crippen molar-refractivity contribution >= 4 is 34.8 Å². The molecule has 0 spiro atoms. The third-order valence-corrected chi connectivity index (χ3v) is 4.06. The quantitative estimate of drug-likeness (QED) is 0.835. The van der Waals surface area contributed by atoms with Crippen LogP contribution >= 0.6 is 11.6 Å². The molecule has 6 nitrogen and oxygen atoms in total. The average Bonchev–Trinajstić information content (AvgIpc) is 2.62. The number of anilines is 2. The number of nitrogens with zero attached hydrogens (tertiary/aromatic N) is 1. The van der Waals surface area contributed by atoms with E-state index in [-0.39, 0.29) is 18.4 Å². The van der Waals surface area contributed by atoms with Gasteiger partial charge in [0.25, 0.3) is 0 Å². The minimum atomic E-state index is -0.358. The highest BCUT2D eigenvalue weighted by Gasteiger charge is 2.19. The molecule has 0 aromatic heterocycles. The van der Waals surface area contributed by atoms with Gasteiger partial charge in [-0.1, -0.05) is 17.7 Å². The van der Waals surface area contributed by atoms with Crippen LogP contribution < -0.4 is 19.7 Å². The van der Waals surface area contributed by atoms with Crippen LogP contribution in [-0.4, -0.2) is 32.6 Å². The summed E-state index contributed by atoms with van der Waals surface area (Å²) in [6.07, 6.45) is 0. The van der Waals surface area contributed by atoms with Gasteiger partial charge in [0.05, 0.1) is 19.9 Å². The number of methoxy groups -OCH3 is 2. The van der Waals surface area contributed by atoms with E-state index in [2.05, 4.69) is 5.32 Å². The molecule has 0 fully saturated rings. The molecule has 0 heterocycles. The number of carbonyl (C=O) groups is 2. The van der Waals surface area contributed by atoms with Gasteiger partial charge < -0.3 is 19.7 Å². The maximum atomic E-state index is 12.5. The lowest BCUT2D eigenvalue weighted by Gasteiger charge is -2.23. The molecule has 2 rings (SSSR count). The maximum absolute atomic E-state index is 12.5. The van der Waals surface area contributed by atoms with Crippen molar-refractivity contribution in [2.75, 3.05) is 31.0 Å². The van der Waals surface area contributed by atoms with Gasteiger partial charge in [0.15, 0.2) is 0 Å². The lowest BCUT2D eigenvalue weighted by atomic mass is 10.1. The molecule has 1 N–H and O–H groups in total. The Balaban J connectivity index is 2.21. The smallest absolute Gasteiger partial charge is 0.244 e. The molecule has 0 atom stereocenters. The van der Waals surface area contributed by atoms with Crippen LogP contribution in [0.1, 0.15) is 12.5 Å². The first-order valence-electron chi connectivity index (χ1n) is 7.92. The molecule has 2 aromatic carbocycles. The van der Waals surface area contributed by atoms with Gasteiger partial charge in [0, 0.05) is 23.7 Å². The van der Waals surface area contributed by atoms with E-state index in [0.717, 1.165) is 5.56 Å². The van der Waals surface area contributed by atoms with Gasteiger partial charge in [-0.3, -0.25) is 9.59 Å². The highest BCUT2D eigenvalue weighted by Crippen LogP contribution is 2.29. The first kappa shape index (κ1) is 19.6. The molecule has 0 aliphatic rings.